The minimum absolute atomic E-state index is 0.221. The molecule has 0 saturated heterocycles. The molecular formula is C24H24N2O3. The Labute approximate surface area is 170 Å². The van der Waals surface area contributed by atoms with Crippen LogP contribution in [0.2, 0.25) is 0 Å². The fourth-order valence-electron chi connectivity index (χ4n) is 3.22. The van der Waals surface area contributed by atoms with Crippen molar-refractivity contribution in [3.8, 4) is 0 Å². The molecule has 2 unspecified atom stereocenters. The zero-order valence-corrected chi connectivity index (χ0v) is 16.0. The van der Waals surface area contributed by atoms with Gasteiger partial charge >= 0.3 is 5.97 Å². The van der Waals surface area contributed by atoms with Crippen LogP contribution in [-0.2, 0) is 17.6 Å². The summed E-state index contributed by atoms with van der Waals surface area (Å²) in [4.78, 5) is 24.8. The van der Waals surface area contributed by atoms with E-state index in [0.29, 0.717) is 24.1 Å². The number of anilines is 1. The molecule has 5 heteroatoms. The number of para-hydroxylation sites is 1. The number of rotatable bonds is 9. The SMILES string of the molecule is NC(Cc1ccccc1)C(=O)c1ccccc1NC(Cc1ccccc1)C(=O)O. The predicted octanol–water partition coefficient (Wildman–Crippen LogP) is 3.55. The minimum Gasteiger partial charge on any atom is -0.480 e. The number of carboxylic acid groups (broad SMARTS) is 1. The van der Waals surface area contributed by atoms with E-state index in [1.807, 2.05) is 60.7 Å². The van der Waals surface area contributed by atoms with E-state index in [-0.39, 0.29) is 5.78 Å². The third kappa shape index (κ3) is 5.53. The Bertz CT molecular complexity index is 958. The summed E-state index contributed by atoms with van der Waals surface area (Å²) in [5, 5.41) is 12.7. The van der Waals surface area contributed by atoms with Gasteiger partial charge in [0.1, 0.15) is 6.04 Å². The van der Waals surface area contributed by atoms with Crippen LogP contribution >= 0.6 is 0 Å². The van der Waals surface area contributed by atoms with E-state index in [1.165, 1.54) is 0 Å². The Balaban J connectivity index is 1.78. The molecule has 3 aromatic carbocycles. The van der Waals surface area contributed by atoms with Gasteiger partial charge in [0.05, 0.1) is 6.04 Å². The molecule has 0 fully saturated rings. The lowest BCUT2D eigenvalue weighted by Crippen LogP contribution is -2.35. The number of nitrogens with one attached hydrogen (secondary N) is 1. The average Bonchev–Trinajstić information content (AvgIpc) is 2.74. The van der Waals surface area contributed by atoms with Crippen molar-refractivity contribution in [3.63, 3.8) is 0 Å². The Morgan fingerprint density at radius 3 is 1.90 bits per heavy atom. The van der Waals surface area contributed by atoms with E-state index in [9.17, 15) is 14.7 Å². The van der Waals surface area contributed by atoms with Crippen LogP contribution in [0, 0.1) is 0 Å². The zero-order valence-electron chi connectivity index (χ0n) is 16.0. The molecule has 0 aliphatic heterocycles. The number of carbonyl (C=O) groups is 2. The summed E-state index contributed by atoms with van der Waals surface area (Å²) in [6.07, 6.45) is 0.717. The Morgan fingerprint density at radius 1 is 0.793 bits per heavy atom. The van der Waals surface area contributed by atoms with Crippen LogP contribution < -0.4 is 11.1 Å². The van der Waals surface area contributed by atoms with Gasteiger partial charge < -0.3 is 16.2 Å². The summed E-state index contributed by atoms with van der Waals surface area (Å²) in [6.45, 7) is 0. The number of ketones is 1. The van der Waals surface area contributed by atoms with Crippen molar-refractivity contribution >= 4 is 17.4 Å². The number of aliphatic carboxylic acids is 1. The maximum Gasteiger partial charge on any atom is 0.326 e. The number of hydrogen-bond acceptors (Lipinski definition) is 4. The Morgan fingerprint density at radius 2 is 1.31 bits per heavy atom. The normalized spacial score (nSPS) is 12.7. The van der Waals surface area contributed by atoms with Crippen molar-refractivity contribution in [2.24, 2.45) is 5.73 Å². The van der Waals surface area contributed by atoms with Gasteiger partial charge in [-0.1, -0.05) is 72.8 Å². The van der Waals surface area contributed by atoms with Gasteiger partial charge in [0.15, 0.2) is 5.78 Å². The molecule has 3 rings (SSSR count). The fourth-order valence-corrected chi connectivity index (χ4v) is 3.22. The molecule has 0 radical (unpaired) electrons. The number of Topliss-reactive ketones (excluding diaryl/α,β-unsaturated/α-hetero) is 1. The maximum absolute atomic E-state index is 13.0. The molecule has 0 aliphatic rings. The average molecular weight is 388 g/mol. The summed E-state index contributed by atoms with van der Waals surface area (Å²) in [5.74, 6) is -1.20. The second-order valence-electron chi connectivity index (χ2n) is 6.93. The van der Waals surface area contributed by atoms with E-state index < -0.39 is 18.1 Å². The van der Waals surface area contributed by atoms with Crippen molar-refractivity contribution in [1.82, 2.24) is 0 Å². The van der Waals surface area contributed by atoms with Crippen LogP contribution in [-0.4, -0.2) is 28.9 Å². The first-order valence-electron chi connectivity index (χ1n) is 9.50. The highest BCUT2D eigenvalue weighted by Crippen LogP contribution is 2.20. The molecule has 0 aliphatic carbocycles. The first-order valence-corrected chi connectivity index (χ1v) is 9.50. The van der Waals surface area contributed by atoms with Crippen LogP contribution in [0.15, 0.2) is 84.9 Å². The summed E-state index contributed by atoms with van der Waals surface area (Å²) in [7, 11) is 0. The summed E-state index contributed by atoms with van der Waals surface area (Å²) < 4.78 is 0. The first kappa shape index (κ1) is 20.3. The summed E-state index contributed by atoms with van der Waals surface area (Å²) in [6, 6.07) is 24.3. The second-order valence-corrected chi connectivity index (χ2v) is 6.93. The van der Waals surface area contributed by atoms with Gasteiger partial charge in [-0.2, -0.15) is 0 Å². The van der Waals surface area contributed by atoms with E-state index in [2.05, 4.69) is 5.32 Å². The van der Waals surface area contributed by atoms with Gasteiger partial charge in [0.25, 0.3) is 0 Å². The van der Waals surface area contributed by atoms with Crippen LogP contribution in [0.3, 0.4) is 0 Å². The van der Waals surface area contributed by atoms with E-state index in [1.54, 1.807) is 24.3 Å². The van der Waals surface area contributed by atoms with Gasteiger partial charge in [-0.3, -0.25) is 4.79 Å². The lowest BCUT2D eigenvalue weighted by Gasteiger charge is -2.19. The highest BCUT2D eigenvalue weighted by atomic mass is 16.4. The van der Waals surface area contributed by atoms with E-state index in [0.717, 1.165) is 11.1 Å². The Hall–Kier alpha value is -3.44. The molecule has 4 N–H and O–H groups in total. The number of carbonyl (C=O) groups excluding carboxylic acids is 1. The van der Waals surface area contributed by atoms with Gasteiger partial charge in [-0.25, -0.2) is 4.79 Å². The van der Waals surface area contributed by atoms with Crippen LogP contribution in [0.4, 0.5) is 5.69 Å². The van der Waals surface area contributed by atoms with Crippen molar-refractivity contribution in [2.75, 3.05) is 5.32 Å². The number of benzene rings is 3. The molecule has 3 aromatic rings. The van der Waals surface area contributed by atoms with E-state index >= 15 is 0 Å². The molecule has 0 saturated carbocycles. The largest absolute Gasteiger partial charge is 0.480 e. The van der Waals surface area contributed by atoms with E-state index in [4.69, 9.17) is 5.73 Å². The third-order valence-corrected chi connectivity index (χ3v) is 4.74. The van der Waals surface area contributed by atoms with Gasteiger partial charge in [-0.15, -0.1) is 0 Å². The molecule has 0 aromatic heterocycles. The third-order valence-electron chi connectivity index (χ3n) is 4.74. The summed E-state index contributed by atoms with van der Waals surface area (Å²) >= 11 is 0. The summed E-state index contributed by atoms with van der Waals surface area (Å²) in [5.41, 5.74) is 8.92. The number of nitrogens with two attached hydrogens (primary N) is 1. The van der Waals surface area contributed by atoms with Gasteiger partial charge in [0, 0.05) is 17.7 Å². The lowest BCUT2D eigenvalue weighted by molar-refractivity contribution is -0.137. The molecular weight excluding hydrogens is 364 g/mol. The van der Waals surface area contributed by atoms with Crippen LogP contribution in [0.1, 0.15) is 21.5 Å². The standard InChI is InChI=1S/C24H24N2O3/c25-20(15-17-9-3-1-4-10-17)23(27)19-13-7-8-14-21(19)26-22(24(28)29)16-18-11-5-2-6-12-18/h1-14,20,22,26H,15-16,25H2,(H,28,29). The van der Waals surface area contributed by atoms with Crippen molar-refractivity contribution in [1.29, 1.82) is 0 Å². The molecule has 0 spiro atoms. The molecule has 5 nitrogen and oxygen atoms in total. The quantitative estimate of drug-likeness (QED) is 0.488. The van der Waals surface area contributed by atoms with Crippen LogP contribution in [0.5, 0.6) is 0 Å². The molecule has 0 heterocycles. The Kier molecular flexibility index (Phi) is 6.76. The molecule has 2 atom stereocenters. The highest BCUT2D eigenvalue weighted by Gasteiger charge is 2.23. The van der Waals surface area contributed by atoms with Crippen molar-refractivity contribution < 1.29 is 14.7 Å². The molecule has 0 amide bonds. The molecule has 148 valence electrons. The van der Waals surface area contributed by atoms with Crippen molar-refractivity contribution in [3.05, 3.63) is 102 Å². The lowest BCUT2D eigenvalue weighted by atomic mass is 9.96. The number of carboxylic acids is 1. The topological polar surface area (TPSA) is 92.4 Å². The van der Waals surface area contributed by atoms with Crippen molar-refractivity contribution in [2.45, 2.75) is 24.9 Å². The molecule has 29 heavy (non-hydrogen) atoms. The fraction of sp³-hybridized carbons (Fsp3) is 0.167. The van der Waals surface area contributed by atoms with Crippen LogP contribution in [0.25, 0.3) is 0 Å². The number of hydrogen-bond donors (Lipinski definition) is 3. The highest BCUT2D eigenvalue weighted by molar-refractivity contribution is 6.05. The smallest absolute Gasteiger partial charge is 0.326 e. The molecule has 0 bridgehead atoms. The van der Waals surface area contributed by atoms with Gasteiger partial charge in [0.2, 0.25) is 0 Å². The maximum atomic E-state index is 13.0. The predicted molar refractivity (Wildman–Crippen MR) is 114 cm³/mol. The monoisotopic (exact) mass is 388 g/mol. The zero-order chi connectivity index (χ0) is 20.6. The first-order chi connectivity index (χ1) is 14.0. The second kappa shape index (κ2) is 9.66. The minimum atomic E-state index is -0.982. The van der Waals surface area contributed by atoms with Gasteiger partial charge in [-0.05, 0) is 29.7 Å².